The molecule has 0 saturated heterocycles. The molecule has 0 spiro atoms. The summed E-state index contributed by atoms with van der Waals surface area (Å²) in [6.07, 6.45) is 1.72. The summed E-state index contributed by atoms with van der Waals surface area (Å²) in [6, 6.07) is 13.5. The van der Waals surface area contributed by atoms with Gasteiger partial charge in [0.05, 0.1) is 18.8 Å². The van der Waals surface area contributed by atoms with Crippen molar-refractivity contribution in [2.75, 3.05) is 11.9 Å². The molecule has 1 amide bonds. The number of carbonyl (C=O) groups is 1. The lowest BCUT2D eigenvalue weighted by Crippen LogP contribution is -2.29. The molecular formula is C15H17N3O. The smallest absolute Gasteiger partial charge is 0.239 e. The van der Waals surface area contributed by atoms with E-state index in [4.69, 9.17) is 0 Å². The quantitative estimate of drug-likeness (QED) is 0.860. The Kier molecular flexibility index (Phi) is 4.50. The van der Waals surface area contributed by atoms with E-state index in [9.17, 15) is 4.79 Å². The van der Waals surface area contributed by atoms with E-state index in [1.165, 1.54) is 0 Å². The molecule has 4 heteroatoms. The molecule has 0 unspecified atom stereocenters. The molecule has 1 aromatic carbocycles. The number of nitrogens with one attached hydrogen (secondary N) is 2. The maximum absolute atomic E-state index is 11.7. The molecule has 0 fully saturated rings. The van der Waals surface area contributed by atoms with Crippen LogP contribution >= 0.6 is 0 Å². The van der Waals surface area contributed by atoms with Gasteiger partial charge in [0.2, 0.25) is 5.91 Å². The van der Waals surface area contributed by atoms with Crippen LogP contribution in [0.2, 0.25) is 0 Å². The zero-order valence-electron chi connectivity index (χ0n) is 10.9. The third kappa shape index (κ3) is 4.10. The predicted molar refractivity (Wildman–Crippen MR) is 75.8 cm³/mol. The molecule has 0 saturated carbocycles. The molecule has 19 heavy (non-hydrogen) atoms. The van der Waals surface area contributed by atoms with Crippen LogP contribution in [0.1, 0.15) is 11.3 Å². The number of aromatic nitrogens is 1. The normalized spacial score (nSPS) is 9.95. The van der Waals surface area contributed by atoms with E-state index >= 15 is 0 Å². The van der Waals surface area contributed by atoms with Crippen LogP contribution in [0.3, 0.4) is 0 Å². The molecular weight excluding hydrogens is 238 g/mol. The fourth-order valence-electron chi connectivity index (χ4n) is 1.70. The van der Waals surface area contributed by atoms with Crippen LogP contribution < -0.4 is 10.6 Å². The molecule has 0 atom stereocenters. The number of nitrogens with zero attached hydrogens (tertiary/aromatic N) is 1. The summed E-state index contributed by atoms with van der Waals surface area (Å²) in [7, 11) is 0. The first-order valence-electron chi connectivity index (χ1n) is 6.22. The number of pyridine rings is 1. The number of rotatable bonds is 5. The van der Waals surface area contributed by atoms with Crippen molar-refractivity contribution in [1.82, 2.24) is 10.3 Å². The summed E-state index contributed by atoms with van der Waals surface area (Å²) in [5.41, 5.74) is 2.96. The second-order valence-corrected chi connectivity index (χ2v) is 4.27. The average Bonchev–Trinajstić information content (AvgIpc) is 2.45. The standard InChI is InChI=1S/C15H17N3O/c1-12-6-2-3-8-14(12)17-11-15(19)18-10-13-7-4-5-9-16-13/h2-9,17H,10-11H2,1H3,(H,18,19). The summed E-state index contributed by atoms with van der Waals surface area (Å²) in [5, 5.41) is 5.94. The lowest BCUT2D eigenvalue weighted by molar-refractivity contribution is -0.119. The Morgan fingerprint density at radius 1 is 1.16 bits per heavy atom. The highest BCUT2D eigenvalue weighted by Gasteiger charge is 2.02. The van der Waals surface area contributed by atoms with Gasteiger partial charge in [0.1, 0.15) is 0 Å². The Morgan fingerprint density at radius 2 is 1.95 bits per heavy atom. The maximum atomic E-state index is 11.7. The zero-order valence-corrected chi connectivity index (χ0v) is 10.9. The van der Waals surface area contributed by atoms with Gasteiger partial charge in [-0.3, -0.25) is 9.78 Å². The average molecular weight is 255 g/mol. The van der Waals surface area contributed by atoms with Gasteiger partial charge in [-0.05, 0) is 30.7 Å². The first-order valence-corrected chi connectivity index (χ1v) is 6.22. The highest BCUT2D eigenvalue weighted by atomic mass is 16.1. The number of para-hydroxylation sites is 1. The Labute approximate surface area is 112 Å². The lowest BCUT2D eigenvalue weighted by atomic mass is 10.2. The van der Waals surface area contributed by atoms with E-state index in [-0.39, 0.29) is 12.5 Å². The number of hydrogen-bond acceptors (Lipinski definition) is 3. The monoisotopic (exact) mass is 255 g/mol. The predicted octanol–water partition coefficient (Wildman–Crippen LogP) is 2.12. The molecule has 0 aliphatic rings. The van der Waals surface area contributed by atoms with Gasteiger partial charge in [-0.2, -0.15) is 0 Å². The number of carbonyl (C=O) groups excluding carboxylic acids is 1. The molecule has 0 bridgehead atoms. The van der Waals surface area contributed by atoms with E-state index < -0.39 is 0 Å². The van der Waals surface area contributed by atoms with Crippen molar-refractivity contribution in [2.45, 2.75) is 13.5 Å². The van der Waals surface area contributed by atoms with Crippen molar-refractivity contribution in [2.24, 2.45) is 0 Å². The summed E-state index contributed by atoms with van der Waals surface area (Å²) >= 11 is 0. The van der Waals surface area contributed by atoms with Crippen LogP contribution in [0.25, 0.3) is 0 Å². The van der Waals surface area contributed by atoms with Gasteiger partial charge < -0.3 is 10.6 Å². The minimum absolute atomic E-state index is 0.0473. The zero-order chi connectivity index (χ0) is 13.5. The molecule has 0 radical (unpaired) electrons. The highest BCUT2D eigenvalue weighted by Crippen LogP contribution is 2.12. The number of amides is 1. The van der Waals surface area contributed by atoms with Crippen molar-refractivity contribution < 1.29 is 4.79 Å². The Balaban J connectivity index is 1.78. The molecule has 2 N–H and O–H groups in total. The second kappa shape index (κ2) is 6.54. The van der Waals surface area contributed by atoms with Crippen molar-refractivity contribution in [1.29, 1.82) is 0 Å². The summed E-state index contributed by atoms with van der Waals surface area (Å²) in [4.78, 5) is 15.8. The van der Waals surface area contributed by atoms with E-state index in [0.717, 1.165) is 16.9 Å². The van der Waals surface area contributed by atoms with E-state index in [0.29, 0.717) is 6.54 Å². The van der Waals surface area contributed by atoms with Crippen LogP contribution in [-0.4, -0.2) is 17.4 Å². The van der Waals surface area contributed by atoms with Crippen LogP contribution in [-0.2, 0) is 11.3 Å². The van der Waals surface area contributed by atoms with Crippen molar-refractivity contribution in [3.63, 3.8) is 0 Å². The summed E-state index contributed by atoms with van der Waals surface area (Å²) in [5.74, 6) is -0.0473. The number of aryl methyl sites for hydroxylation is 1. The number of hydrogen-bond donors (Lipinski definition) is 2. The van der Waals surface area contributed by atoms with Crippen LogP contribution in [0.5, 0.6) is 0 Å². The molecule has 0 aliphatic heterocycles. The Hall–Kier alpha value is -2.36. The second-order valence-electron chi connectivity index (χ2n) is 4.27. The van der Waals surface area contributed by atoms with Crippen LogP contribution in [0.4, 0.5) is 5.69 Å². The number of benzene rings is 1. The van der Waals surface area contributed by atoms with E-state index in [2.05, 4.69) is 15.6 Å². The van der Waals surface area contributed by atoms with Gasteiger partial charge in [0.15, 0.2) is 0 Å². The van der Waals surface area contributed by atoms with Gasteiger partial charge in [-0.15, -0.1) is 0 Å². The van der Waals surface area contributed by atoms with Gasteiger partial charge in [-0.1, -0.05) is 24.3 Å². The first-order chi connectivity index (χ1) is 9.25. The first kappa shape index (κ1) is 13.1. The van der Waals surface area contributed by atoms with Crippen LogP contribution in [0.15, 0.2) is 48.7 Å². The molecule has 1 heterocycles. The van der Waals surface area contributed by atoms with Crippen LogP contribution in [0, 0.1) is 6.92 Å². The third-order valence-electron chi connectivity index (χ3n) is 2.78. The largest absolute Gasteiger partial charge is 0.376 e. The molecule has 2 rings (SSSR count). The van der Waals surface area contributed by atoms with Gasteiger partial charge >= 0.3 is 0 Å². The Bertz CT molecular complexity index is 540. The van der Waals surface area contributed by atoms with Gasteiger partial charge in [-0.25, -0.2) is 0 Å². The van der Waals surface area contributed by atoms with Crippen molar-refractivity contribution in [3.05, 3.63) is 59.9 Å². The SMILES string of the molecule is Cc1ccccc1NCC(=O)NCc1ccccn1. The molecule has 98 valence electrons. The van der Waals surface area contributed by atoms with E-state index in [1.807, 2.05) is 49.4 Å². The minimum Gasteiger partial charge on any atom is -0.376 e. The van der Waals surface area contributed by atoms with Gasteiger partial charge in [0.25, 0.3) is 0 Å². The highest BCUT2D eigenvalue weighted by molar-refractivity contribution is 5.80. The third-order valence-corrected chi connectivity index (χ3v) is 2.78. The minimum atomic E-state index is -0.0473. The fourth-order valence-corrected chi connectivity index (χ4v) is 1.70. The topological polar surface area (TPSA) is 54.0 Å². The lowest BCUT2D eigenvalue weighted by Gasteiger charge is -2.09. The molecule has 0 aliphatic carbocycles. The van der Waals surface area contributed by atoms with E-state index in [1.54, 1.807) is 6.20 Å². The fraction of sp³-hybridized carbons (Fsp3) is 0.200. The van der Waals surface area contributed by atoms with Crippen molar-refractivity contribution >= 4 is 11.6 Å². The van der Waals surface area contributed by atoms with Gasteiger partial charge in [0, 0.05) is 11.9 Å². The Morgan fingerprint density at radius 3 is 2.68 bits per heavy atom. The summed E-state index contributed by atoms with van der Waals surface area (Å²) < 4.78 is 0. The molecule has 4 nitrogen and oxygen atoms in total. The molecule has 2 aromatic rings. The molecule has 1 aromatic heterocycles. The maximum Gasteiger partial charge on any atom is 0.239 e. The van der Waals surface area contributed by atoms with Crippen molar-refractivity contribution in [3.8, 4) is 0 Å². The number of anilines is 1. The summed E-state index contributed by atoms with van der Waals surface area (Å²) in [6.45, 7) is 2.72.